The van der Waals surface area contributed by atoms with E-state index in [1.165, 1.54) is 33.8 Å². The minimum Gasteiger partial charge on any atom is -0.314 e. The van der Waals surface area contributed by atoms with E-state index in [9.17, 15) is 0 Å². The lowest BCUT2D eigenvalue weighted by Gasteiger charge is -2.38. The summed E-state index contributed by atoms with van der Waals surface area (Å²) in [5.74, 6) is 0.478. The summed E-state index contributed by atoms with van der Waals surface area (Å²) >= 11 is 0. The molecule has 130 valence electrons. The molecule has 0 aliphatic carbocycles. The highest BCUT2D eigenvalue weighted by Gasteiger charge is 2.28. The van der Waals surface area contributed by atoms with Gasteiger partial charge in [0.15, 0.2) is 0 Å². The summed E-state index contributed by atoms with van der Waals surface area (Å²) in [6.45, 7) is 4.56. The molecule has 0 saturated carbocycles. The minimum atomic E-state index is 0.478. The fraction of sp³-hybridized carbons (Fsp3) is 0.200. The second-order valence-corrected chi connectivity index (χ2v) is 7.08. The van der Waals surface area contributed by atoms with Crippen molar-refractivity contribution in [1.29, 1.82) is 0 Å². The van der Waals surface area contributed by atoms with E-state index in [1.807, 2.05) is 0 Å². The molecule has 0 spiro atoms. The van der Waals surface area contributed by atoms with Gasteiger partial charge in [0, 0.05) is 23.0 Å². The average molecular weight is 339 g/mol. The van der Waals surface area contributed by atoms with Gasteiger partial charge in [0.05, 0.1) is 0 Å². The number of allylic oxidation sites excluding steroid dienone is 2. The molecule has 0 amide bonds. The third-order valence-corrected chi connectivity index (χ3v) is 5.56. The predicted molar refractivity (Wildman–Crippen MR) is 111 cm³/mol. The van der Waals surface area contributed by atoms with Gasteiger partial charge in [-0.25, -0.2) is 0 Å². The molecule has 3 aromatic carbocycles. The van der Waals surface area contributed by atoms with E-state index in [0.29, 0.717) is 5.92 Å². The summed E-state index contributed by atoms with van der Waals surface area (Å²) < 4.78 is 0. The Morgan fingerprint density at radius 1 is 0.731 bits per heavy atom. The Morgan fingerprint density at radius 3 is 2.08 bits per heavy atom. The topological polar surface area (TPSA) is 3.24 Å². The number of aryl methyl sites for hydroxylation is 1. The maximum Gasteiger partial charge on any atom is 0.0496 e. The molecule has 26 heavy (non-hydrogen) atoms. The van der Waals surface area contributed by atoms with E-state index in [1.54, 1.807) is 0 Å². The molecule has 4 rings (SSSR count). The van der Waals surface area contributed by atoms with Crippen LogP contribution in [-0.4, -0.2) is 0 Å². The lowest BCUT2D eigenvalue weighted by atomic mass is 9.82. The zero-order valence-corrected chi connectivity index (χ0v) is 15.5. The first-order valence-corrected chi connectivity index (χ1v) is 9.41. The number of para-hydroxylation sites is 2. The quantitative estimate of drug-likeness (QED) is 0.502. The van der Waals surface area contributed by atoms with E-state index in [2.05, 4.69) is 104 Å². The first kappa shape index (κ1) is 16.7. The van der Waals surface area contributed by atoms with Crippen molar-refractivity contribution in [3.63, 3.8) is 0 Å². The van der Waals surface area contributed by atoms with E-state index < -0.39 is 0 Å². The molecule has 0 bridgehead atoms. The van der Waals surface area contributed by atoms with Crippen molar-refractivity contribution in [3.8, 4) is 0 Å². The van der Waals surface area contributed by atoms with Crippen molar-refractivity contribution >= 4 is 11.4 Å². The maximum absolute atomic E-state index is 2.41. The number of rotatable bonds is 4. The molecule has 0 fully saturated rings. The first-order valence-electron chi connectivity index (χ1n) is 9.41. The number of hydrogen-bond acceptors (Lipinski definition) is 1. The average Bonchev–Trinajstić information content (AvgIpc) is 2.70. The van der Waals surface area contributed by atoms with Crippen molar-refractivity contribution in [2.45, 2.75) is 32.6 Å². The molecule has 3 aromatic rings. The van der Waals surface area contributed by atoms with Crippen LogP contribution < -0.4 is 4.90 Å². The zero-order chi connectivity index (χ0) is 17.9. The van der Waals surface area contributed by atoms with Gasteiger partial charge in [-0.3, -0.25) is 0 Å². The zero-order valence-electron chi connectivity index (χ0n) is 15.5. The van der Waals surface area contributed by atoms with E-state index in [4.69, 9.17) is 0 Å². The Bertz CT molecular complexity index is 909. The van der Waals surface area contributed by atoms with Crippen LogP contribution >= 0.6 is 0 Å². The van der Waals surface area contributed by atoms with Gasteiger partial charge in [-0.1, -0.05) is 66.7 Å². The third-order valence-electron chi connectivity index (χ3n) is 5.56. The smallest absolute Gasteiger partial charge is 0.0496 e. The molecule has 1 heteroatoms. The lowest BCUT2D eigenvalue weighted by molar-refractivity contribution is 0.681. The summed E-state index contributed by atoms with van der Waals surface area (Å²) in [5.41, 5.74) is 8.24. The molecule has 0 radical (unpaired) electrons. The van der Waals surface area contributed by atoms with Crippen molar-refractivity contribution in [1.82, 2.24) is 0 Å². The van der Waals surface area contributed by atoms with Crippen LogP contribution in [0.15, 0.2) is 96.2 Å². The van der Waals surface area contributed by atoms with Crippen LogP contribution in [0.5, 0.6) is 0 Å². The largest absolute Gasteiger partial charge is 0.314 e. The Morgan fingerprint density at radius 2 is 1.35 bits per heavy atom. The van der Waals surface area contributed by atoms with Gasteiger partial charge in [-0.15, -0.1) is 0 Å². The third kappa shape index (κ3) is 3.06. The van der Waals surface area contributed by atoms with Crippen LogP contribution in [-0.2, 0) is 6.42 Å². The van der Waals surface area contributed by atoms with Crippen LogP contribution in [0, 0.1) is 0 Å². The van der Waals surface area contributed by atoms with Crippen molar-refractivity contribution < 1.29 is 0 Å². The highest BCUT2D eigenvalue weighted by atomic mass is 15.2. The van der Waals surface area contributed by atoms with E-state index >= 15 is 0 Å². The number of fused-ring (bicyclic) bond motifs is 1. The summed E-state index contributed by atoms with van der Waals surface area (Å²) in [6.07, 6.45) is 2.25. The van der Waals surface area contributed by atoms with Crippen LogP contribution in [0.1, 0.15) is 37.3 Å². The highest BCUT2D eigenvalue weighted by molar-refractivity contribution is 5.75. The van der Waals surface area contributed by atoms with Gasteiger partial charge in [-0.05, 0) is 61.6 Å². The van der Waals surface area contributed by atoms with Gasteiger partial charge in [-0.2, -0.15) is 0 Å². The number of nitrogens with zero attached hydrogens (tertiary/aromatic N) is 1. The summed E-state index contributed by atoms with van der Waals surface area (Å²) in [6, 6.07) is 30.4. The molecule has 1 nitrogen and oxygen atoms in total. The molecule has 1 aliphatic rings. The monoisotopic (exact) mass is 339 g/mol. The summed E-state index contributed by atoms with van der Waals surface area (Å²) in [5, 5.41) is 0. The molecule has 0 N–H and O–H groups in total. The molecule has 1 heterocycles. The van der Waals surface area contributed by atoms with E-state index in [-0.39, 0.29) is 0 Å². The van der Waals surface area contributed by atoms with Gasteiger partial charge in [0.25, 0.3) is 0 Å². The lowest BCUT2D eigenvalue weighted by Crippen LogP contribution is -2.24. The van der Waals surface area contributed by atoms with Crippen molar-refractivity contribution in [3.05, 3.63) is 107 Å². The minimum absolute atomic E-state index is 0.478. The van der Waals surface area contributed by atoms with Crippen LogP contribution in [0.4, 0.5) is 11.4 Å². The Balaban J connectivity index is 1.72. The van der Waals surface area contributed by atoms with Gasteiger partial charge < -0.3 is 4.90 Å². The molecular weight excluding hydrogens is 314 g/mol. The molecule has 0 saturated heterocycles. The van der Waals surface area contributed by atoms with Crippen molar-refractivity contribution in [2.24, 2.45) is 0 Å². The van der Waals surface area contributed by atoms with Crippen LogP contribution in [0.2, 0.25) is 0 Å². The second kappa shape index (κ2) is 7.21. The Hall–Kier alpha value is -2.80. The number of anilines is 2. The highest BCUT2D eigenvalue weighted by Crippen LogP contribution is 2.46. The Labute approximate surface area is 156 Å². The molecule has 1 unspecified atom stereocenters. The van der Waals surface area contributed by atoms with Gasteiger partial charge in [0.1, 0.15) is 0 Å². The van der Waals surface area contributed by atoms with Crippen molar-refractivity contribution in [2.75, 3.05) is 4.90 Å². The van der Waals surface area contributed by atoms with Crippen LogP contribution in [0.25, 0.3) is 0 Å². The van der Waals surface area contributed by atoms with Gasteiger partial charge in [0.2, 0.25) is 0 Å². The molecule has 0 aromatic heterocycles. The fourth-order valence-electron chi connectivity index (χ4n) is 4.07. The predicted octanol–water partition coefficient (Wildman–Crippen LogP) is 6.85. The van der Waals surface area contributed by atoms with Gasteiger partial charge >= 0.3 is 0 Å². The first-order chi connectivity index (χ1) is 12.8. The molecule has 1 aliphatic heterocycles. The van der Waals surface area contributed by atoms with E-state index in [0.717, 1.165) is 12.8 Å². The summed E-state index contributed by atoms with van der Waals surface area (Å²) in [4.78, 5) is 2.41. The van der Waals surface area contributed by atoms with Crippen LogP contribution in [0.3, 0.4) is 0 Å². The SMILES string of the molecule is CC1=C(C)N(c2ccccc2)c2ccccc2C1CCc1ccccc1. The maximum atomic E-state index is 2.41. The second-order valence-electron chi connectivity index (χ2n) is 7.08. The number of benzene rings is 3. The Kier molecular flexibility index (Phi) is 4.62. The fourth-order valence-corrected chi connectivity index (χ4v) is 4.07. The standard InChI is InChI=1S/C25H25N/c1-19-20(2)26(22-13-7-4-8-14-22)25-16-10-9-15-24(25)23(19)18-17-21-11-5-3-6-12-21/h3-16,23H,17-18H2,1-2H3. The molecular formula is C25H25N. The normalized spacial score (nSPS) is 16.5. The summed E-state index contributed by atoms with van der Waals surface area (Å²) in [7, 11) is 0. The number of hydrogen-bond donors (Lipinski definition) is 0. The molecule has 1 atom stereocenters.